The van der Waals surface area contributed by atoms with Gasteiger partial charge in [-0.25, -0.2) is 8.42 Å². The highest BCUT2D eigenvalue weighted by Gasteiger charge is 2.48. The highest BCUT2D eigenvalue weighted by atomic mass is 32.2. The monoisotopic (exact) mass is 191 g/mol. The molecule has 70 valence electrons. The van der Waals surface area contributed by atoms with Gasteiger partial charge in [-0.3, -0.25) is 5.32 Å². The van der Waals surface area contributed by atoms with Gasteiger partial charge in [-0.15, -0.1) is 0 Å². The minimum atomic E-state index is -2.84. The van der Waals surface area contributed by atoms with Crippen LogP contribution in [0.2, 0.25) is 0 Å². The van der Waals surface area contributed by atoms with Crippen molar-refractivity contribution < 1.29 is 13.2 Å². The molecule has 0 saturated carbocycles. The molecule has 2 aliphatic heterocycles. The van der Waals surface area contributed by atoms with Crippen LogP contribution < -0.4 is 5.32 Å². The van der Waals surface area contributed by atoms with Crippen LogP contribution in [0.1, 0.15) is 13.8 Å². The molecule has 0 spiro atoms. The molecule has 2 rings (SSSR count). The topological polar surface area (TPSA) is 55.4 Å². The van der Waals surface area contributed by atoms with E-state index in [1.807, 2.05) is 13.8 Å². The molecule has 0 aromatic rings. The van der Waals surface area contributed by atoms with Gasteiger partial charge in [0.15, 0.2) is 9.84 Å². The predicted octanol–water partition coefficient (Wildman–Crippen LogP) is -0.492. The highest BCUT2D eigenvalue weighted by Crippen LogP contribution is 2.28. The zero-order valence-corrected chi connectivity index (χ0v) is 8.02. The molecule has 0 aromatic carbocycles. The van der Waals surface area contributed by atoms with Gasteiger partial charge in [-0.2, -0.15) is 0 Å². The van der Waals surface area contributed by atoms with E-state index in [9.17, 15) is 8.42 Å². The van der Waals surface area contributed by atoms with Crippen LogP contribution in [0.3, 0.4) is 0 Å². The maximum absolute atomic E-state index is 11.1. The van der Waals surface area contributed by atoms with E-state index in [2.05, 4.69) is 5.32 Å². The Morgan fingerprint density at radius 2 is 2.08 bits per heavy atom. The van der Waals surface area contributed by atoms with E-state index in [0.717, 1.165) is 0 Å². The predicted molar refractivity (Wildman–Crippen MR) is 44.5 cm³/mol. The van der Waals surface area contributed by atoms with Crippen molar-refractivity contribution in [1.29, 1.82) is 0 Å². The van der Waals surface area contributed by atoms with Crippen molar-refractivity contribution in [1.82, 2.24) is 5.32 Å². The third-order valence-electron chi connectivity index (χ3n) is 2.28. The lowest BCUT2D eigenvalue weighted by atomic mass is 10.2. The lowest BCUT2D eigenvalue weighted by molar-refractivity contribution is -0.0144. The Hall–Kier alpha value is -0.130. The number of sulfone groups is 1. The Balaban J connectivity index is 2.17. The quantitative estimate of drug-likeness (QED) is 0.561. The third-order valence-corrected chi connectivity index (χ3v) is 3.98. The first-order valence-electron chi connectivity index (χ1n) is 4.04. The van der Waals surface area contributed by atoms with Gasteiger partial charge in [0.25, 0.3) is 0 Å². The molecule has 2 aliphatic rings. The summed E-state index contributed by atoms with van der Waals surface area (Å²) in [5, 5.41) is 3.15. The Kier molecular flexibility index (Phi) is 1.56. The average Bonchev–Trinajstić information content (AvgIpc) is 2.12. The molecule has 0 aliphatic carbocycles. The molecule has 0 aromatic heterocycles. The second-order valence-corrected chi connectivity index (χ2v) is 6.15. The molecule has 0 bridgehead atoms. The fraction of sp³-hybridized carbons (Fsp3) is 1.00. The van der Waals surface area contributed by atoms with E-state index < -0.39 is 9.84 Å². The smallest absolute Gasteiger partial charge is 0.154 e. The largest absolute Gasteiger partial charge is 0.355 e. The average molecular weight is 191 g/mol. The number of fused-ring (bicyclic) bond motifs is 1. The Morgan fingerprint density at radius 3 is 2.67 bits per heavy atom. The molecule has 2 saturated heterocycles. The first-order valence-corrected chi connectivity index (χ1v) is 5.86. The van der Waals surface area contributed by atoms with Crippen LogP contribution in [0, 0.1) is 0 Å². The third kappa shape index (κ3) is 1.36. The van der Waals surface area contributed by atoms with Crippen molar-refractivity contribution in [2.24, 2.45) is 0 Å². The van der Waals surface area contributed by atoms with Crippen LogP contribution in [0.5, 0.6) is 0 Å². The number of hydrogen-bond acceptors (Lipinski definition) is 4. The first kappa shape index (κ1) is 8.47. The molecule has 1 N–H and O–H groups in total. The summed E-state index contributed by atoms with van der Waals surface area (Å²) < 4.78 is 27.8. The molecule has 2 fully saturated rings. The van der Waals surface area contributed by atoms with Crippen LogP contribution in [-0.2, 0) is 14.6 Å². The van der Waals surface area contributed by atoms with Crippen LogP contribution >= 0.6 is 0 Å². The Morgan fingerprint density at radius 1 is 1.42 bits per heavy atom. The second kappa shape index (κ2) is 2.21. The zero-order valence-electron chi connectivity index (χ0n) is 7.20. The van der Waals surface area contributed by atoms with E-state index >= 15 is 0 Å². The second-order valence-electron chi connectivity index (χ2n) is 3.99. The van der Waals surface area contributed by atoms with E-state index in [4.69, 9.17) is 4.74 Å². The van der Waals surface area contributed by atoms with Crippen molar-refractivity contribution in [3.63, 3.8) is 0 Å². The normalized spacial score (nSPS) is 42.8. The number of ether oxygens (including phenoxy) is 1. The molecular weight excluding hydrogens is 178 g/mol. The fourth-order valence-electron chi connectivity index (χ4n) is 1.93. The Labute approximate surface area is 72.2 Å². The number of rotatable bonds is 0. The van der Waals surface area contributed by atoms with E-state index in [1.54, 1.807) is 0 Å². The van der Waals surface area contributed by atoms with Crippen molar-refractivity contribution in [2.45, 2.75) is 31.7 Å². The summed E-state index contributed by atoms with van der Waals surface area (Å²) in [5.74, 6) is 0.398. The van der Waals surface area contributed by atoms with Gasteiger partial charge in [0.05, 0.1) is 23.7 Å². The van der Waals surface area contributed by atoms with Crippen molar-refractivity contribution in [2.75, 3.05) is 11.5 Å². The zero-order chi connectivity index (χ0) is 8.98. The minimum absolute atomic E-state index is 0.00463. The van der Waals surface area contributed by atoms with E-state index in [1.165, 1.54) is 0 Å². The summed E-state index contributed by atoms with van der Waals surface area (Å²) in [6.07, 6.45) is -0.134. The number of nitrogens with one attached hydrogen (secondary N) is 1. The molecule has 0 radical (unpaired) electrons. The summed E-state index contributed by atoms with van der Waals surface area (Å²) in [6, 6.07) is 0.00463. The maximum atomic E-state index is 11.1. The van der Waals surface area contributed by atoms with E-state index in [-0.39, 0.29) is 29.4 Å². The van der Waals surface area contributed by atoms with Crippen molar-refractivity contribution in [3.8, 4) is 0 Å². The summed E-state index contributed by atoms with van der Waals surface area (Å²) >= 11 is 0. The van der Waals surface area contributed by atoms with Crippen LogP contribution in [0.15, 0.2) is 0 Å². The molecule has 2 heterocycles. The van der Waals surface area contributed by atoms with Gasteiger partial charge < -0.3 is 4.74 Å². The highest BCUT2D eigenvalue weighted by molar-refractivity contribution is 7.91. The van der Waals surface area contributed by atoms with Gasteiger partial charge in [-0.1, -0.05) is 0 Å². The van der Waals surface area contributed by atoms with Crippen molar-refractivity contribution >= 4 is 9.84 Å². The Bertz CT molecular complexity index is 274. The molecule has 2 atom stereocenters. The SMILES string of the molecule is CC1(C)NC2CS(=O)(=O)CC2O1. The molecule has 0 amide bonds. The summed E-state index contributed by atoms with van der Waals surface area (Å²) in [6.45, 7) is 3.83. The van der Waals surface area contributed by atoms with Gasteiger partial charge in [0.2, 0.25) is 0 Å². The summed E-state index contributed by atoms with van der Waals surface area (Å²) in [5.41, 5.74) is -0.356. The molecular formula is C7H13NO3S. The van der Waals surface area contributed by atoms with Crippen LogP contribution in [0.4, 0.5) is 0 Å². The van der Waals surface area contributed by atoms with Gasteiger partial charge in [0, 0.05) is 0 Å². The van der Waals surface area contributed by atoms with E-state index in [0.29, 0.717) is 0 Å². The molecule has 5 heteroatoms. The summed E-state index contributed by atoms with van der Waals surface area (Å²) in [7, 11) is -2.84. The van der Waals surface area contributed by atoms with Gasteiger partial charge >= 0.3 is 0 Å². The molecule has 12 heavy (non-hydrogen) atoms. The lowest BCUT2D eigenvalue weighted by Gasteiger charge is -2.19. The molecule has 2 unspecified atom stereocenters. The van der Waals surface area contributed by atoms with Gasteiger partial charge in [0.1, 0.15) is 5.72 Å². The summed E-state index contributed by atoms with van der Waals surface area (Å²) in [4.78, 5) is 0. The lowest BCUT2D eigenvalue weighted by Crippen LogP contribution is -2.40. The first-order chi connectivity index (χ1) is 5.38. The number of hydrogen-bond donors (Lipinski definition) is 1. The fourth-order valence-corrected chi connectivity index (χ4v) is 3.71. The molecule has 4 nitrogen and oxygen atoms in total. The van der Waals surface area contributed by atoms with Crippen molar-refractivity contribution in [3.05, 3.63) is 0 Å². The van der Waals surface area contributed by atoms with Gasteiger partial charge in [-0.05, 0) is 13.8 Å². The standard InChI is InChI=1S/C7H13NO3S/c1-7(2)8-5-3-12(9,10)4-6(5)11-7/h5-6,8H,3-4H2,1-2H3. The van der Waals surface area contributed by atoms with Crippen LogP contribution in [-0.4, -0.2) is 37.8 Å². The minimum Gasteiger partial charge on any atom is -0.355 e. The van der Waals surface area contributed by atoms with Crippen LogP contribution in [0.25, 0.3) is 0 Å². The maximum Gasteiger partial charge on any atom is 0.154 e.